The van der Waals surface area contributed by atoms with Crippen molar-refractivity contribution in [1.29, 1.82) is 0 Å². The standard InChI is InChI=1S/C10H13IN2S/c1-7-5-14-6-9(7)13-10-8(11)3-2-4-12-10/h2-4,7,9H,5-6H2,1H3,(H,12,13). The molecule has 2 heterocycles. The van der Waals surface area contributed by atoms with Gasteiger partial charge in [-0.3, -0.25) is 0 Å². The fourth-order valence-corrected chi connectivity index (χ4v) is 3.42. The molecule has 14 heavy (non-hydrogen) atoms. The van der Waals surface area contributed by atoms with Gasteiger partial charge in [-0.25, -0.2) is 4.98 Å². The van der Waals surface area contributed by atoms with Crippen LogP contribution in [0.1, 0.15) is 6.92 Å². The molecule has 0 bridgehead atoms. The van der Waals surface area contributed by atoms with Crippen molar-refractivity contribution in [1.82, 2.24) is 4.98 Å². The van der Waals surface area contributed by atoms with Gasteiger partial charge in [0.15, 0.2) is 0 Å². The fraction of sp³-hybridized carbons (Fsp3) is 0.500. The molecule has 4 heteroatoms. The summed E-state index contributed by atoms with van der Waals surface area (Å²) >= 11 is 4.34. The van der Waals surface area contributed by atoms with Gasteiger partial charge in [0.05, 0.1) is 3.57 Å². The zero-order chi connectivity index (χ0) is 9.97. The minimum absolute atomic E-state index is 0.586. The summed E-state index contributed by atoms with van der Waals surface area (Å²) in [6.45, 7) is 2.30. The normalized spacial score (nSPS) is 26.4. The van der Waals surface area contributed by atoms with E-state index in [-0.39, 0.29) is 0 Å². The molecule has 1 N–H and O–H groups in total. The SMILES string of the molecule is CC1CSCC1Nc1ncccc1I. The molecule has 76 valence electrons. The van der Waals surface area contributed by atoms with Gasteiger partial charge in [-0.1, -0.05) is 6.92 Å². The lowest BCUT2D eigenvalue weighted by molar-refractivity contribution is 0.597. The Kier molecular flexibility index (Phi) is 3.54. The third-order valence-electron chi connectivity index (χ3n) is 2.45. The van der Waals surface area contributed by atoms with E-state index in [0.29, 0.717) is 6.04 Å². The Balaban J connectivity index is 2.07. The highest BCUT2D eigenvalue weighted by molar-refractivity contribution is 14.1. The van der Waals surface area contributed by atoms with E-state index >= 15 is 0 Å². The van der Waals surface area contributed by atoms with Crippen LogP contribution in [0.2, 0.25) is 0 Å². The predicted molar refractivity (Wildman–Crippen MR) is 70.9 cm³/mol. The molecular weight excluding hydrogens is 307 g/mol. The lowest BCUT2D eigenvalue weighted by Gasteiger charge is -2.17. The van der Waals surface area contributed by atoms with Crippen LogP contribution in [0.15, 0.2) is 18.3 Å². The van der Waals surface area contributed by atoms with Crippen LogP contribution in [-0.4, -0.2) is 22.5 Å². The fourth-order valence-electron chi connectivity index (χ4n) is 1.51. The van der Waals surface area contributed by atoms with Gasteiger partial charge in [0.2, 0.25) is 0 Å². The van der Waals surface area contributed by atoms with Crippen LogP contribution in [-0.2, 0) is 0 Å². The third kappa shape index (κ3) is 2.34. The van der Waals surface area contributed by atoms with Crippen LogP contribution in [0.25, 0.3) is 0 Å². The Morgan fingerprint density at radius 1 is 1.57 bits per heavy atom. The molecular formula is C10H13IN2S. The van der Waals surface area contributed by atoms with E-state index in [0.717, 1.165) is 11.7 Å². The maximum absolute atomic E-state index is 4.35. The number of aromatic nitrogens is 1. The molecule has 1 aromatic heterocycles. The van der Waals surface area contributed by atoms with Crippen molar-refractivity contribution in [3.63, 3.8) is 0 Å². The molecule has 0 spiro atoms. The lowest BCUT2D eigenvalue weighted by Crippen LogP contribution is -2.26. The van der Waals surface area contributed by atoms with E-state index < -0.39 is 0 Å². The predicted octanol–water partition coefficient (Wildman–Crippen LogP) is 2.85. The maximum atomic E-state index is 4.35. The Hall–Kier alpha value is 0.0300. The molecule has 0 radical (unpaired) electrons. The second kappa shape index (κ2) is 4.70. The number of rotatable bonds is 2. The van der Waals surface area contributed by atoms with E-state index in [2.05, 4.69) is 45.9 Å². The molecule has 0 saturated carbocycles. The van der Waals surface area contributed by atoms with Crippen molar-refractivity contribution in [2.45, 2.75) is 13.0 Å². The Morgan fingerprint density at radius 2 is 2.43 bits per heavy atom. The molecule has 2 unspecified atom stereocenters. The van der Waals surface area contributed by atoms with E-state index in [1.165, 1.54) is 15.1 Å². The van der Waals surface area contributed by atoms with Crippen molar-refractivity contribution in [3.8, 4) is 0 Å². The Labute approximate surface area is 102 Å². The lowest BCUT2D eigenvalue weighted by atomic mass is 10.1. The molecule has 2 nitrogen and oxygen atoms in total. The largest absolute Gasteiger partial charge is 0.365 e. The second-order valence-corrected chi connectivity index (χ2v) is 5.84. The van der Waals surface area contributed by atoms with Crippen molar-refractivity contribution in [3.05, 3.63) is 21.9 Å². The van der Waals surface area contributed by atoms with Gasteiger partial charge in [-0.2, -0.15) is 11.8 Å². The summed E-state index contributed by atoms with van der Waals surface area (Å²) in [7, 11) is 0. The van der Waals surface area contributed by atoms with Crippen molar-refractivity contribution in [2.75, 3.05) is 16.8 Å². The monoisotopic (exact) mass is 320 g/mol. The molecule has 2 atom stereocenters. The number of nitrogens with zero attached hydrogens (tertiary/aromatic N) is 1. The zero-order valence-electron chi connectivity index (χ0n) is 8.03. The first-order valence-corrected chi connectivity index (χ1v) is 6.95. The van der Waals surface area contributed by atoms with Gasteiger partial charge in [-0.05, 0) is 46.4 Å². The maximum Gasteiger partial charge on any atom is 0.139 e. The van der Waals surface area contributed by atoms with Crippen molar-refractivity contribution >= 4 is 40.2 Å². The Bertz CT molecular complexity index is 319. The number of hydrogen-bond acceptors (Lipinski definition) is 3. The average molecular weight is 320 g/mol. The molecule has 1 aliphatic rings. The highest BCUT2D eigenvalue weighted by Gasteiger charge is 2.24. The Morgan fingerprint density at radius 3 is 3.07 bits per heavy atom. The smallest absolute Gasteiger partial charge is 0.139 e. The summed E-state index contributed by atoms with van der Waals surface area (Å²) in [5.41, 5.74) is 0. The minimum Gasteiger partial charge on any atom is -0.365 e. The average Bonchev–Trinajstić information content (AvgIpc) is 2.56. The first-order chi connectivity index (χ1) is 6.77. The summed E-state index contributed by atoms with van der Waals surface area (Å²) in [6.07, 6.45) is 1.84. The summed E-state index contributed by atoms with van der Waals surface area (Å²) < 4.78 is 1.20. The quantitative estimate of drug-likeness (QED) is 0.848. The zero-order valence-corrected chi connectivity index (χ0v) is 11.0. The number of nitrogens with one attached hydrogen (secondary N) is 1. The van der Waals surface area contributed by atoms with Crippen LogP contribution >= 0.6 is 34.4 Å². The molecule has 1 fully saturated rings. The van der Waals surface area contributed by atoms with E-state index in [1.807, 2.05) is 24.0 Å². The van der Waals surface area contributed by atoms with E-state index in [4.69, 9.17) is 0 Å². The highest BCUT2D eigenvalue weighted by Crippen LogP contribution is 2.27. The molecule has 2 rings (SSSR count). The third-order valence-corrected chi connectivity index (χ3v) is 4.67. The second-order valence-electron chi connectivity index (χ2n) is 3.60. The van der Waals surface area contributed by atoms with Crippen LogP contribution < -0.4 is 5.32 Å². The highest BCUT2D eigenvalue weighted by atomic mass is 127. The van der Waals surface area contributed by atoms with E-state index in [1.54, 1.807) is 0 Å². The number of hydrogen-bond donors (Lipinski definition) is 1. The number of anilines is 1. The summed E-state index contributed by atoms with van der Waals surface area (Å²) in [4.78, 5) is 4.35. The minimum atomic E-state index is 0.586. The van der Waals surface area contributed by atoms with Gasteiger partial charge in [0.1, 0.15) is 5.82 Å². The van der Waals surface area contributed by atoms with Gasteiger partial charge in [0.25, 0.3) is 0 Å². The molecule has 1 aliphatic heterocycles. The van der Waals surface area contributed by atoms with Gasteiger partial charge in [0, 0.05) is 18.0 Å². The van der Waals surface area contributed by atoms with Crippen LogP contribution in [0.5, 0.6) is 0 Å². The molecule has 1 saturated heterocycles. The topological polar surface area (TPSA) is 24.9 Å². The summed E-state index contributed by atoms with van der Waals surface area (Å²) in [5.74, 6) is 4.25. The van der Waals surface area contributed by atoms with E-state index in [9.17, 15) is 0 Å². The molecule has 0 aromatic carbocycles. The van der Waals surface area contributed by atoms with Gasteiger partial charge < -0.3 is 5.32 Å². The van der Waals surface area contributed by atoms with Gasteiger partial charge in [-0.15, -0.1) is 0 Å². The summed E-state index contributed by atoms with van der Waals surface area (Å²) in [6, 6.07) is 4.64. The van der Waals surface area contributed by atoms with Crippen molar-refractivity contribution in [2.24, 2.45) is 5.92 Å². The number of pyridine rings is 1. The number of halogens is 1. The summed E-state index contributed by atoms with van der Waals surface area (Å²) in [5, 5.41) is 3.52. The molecule has 0 aliphatic carbocycles. The molecule has 1 aromatic rings. The van der Waals surface area contributed by atoms with Crippen molar-refractivity contribution < 1.29 is 0 Å². The number of thioether (sulfide) groups is 1. The van der Waals surface area contributed by atoms with Crippen LogP contribution in [0.3, 0.4) is 0 Å². The van der Waals surface area contributed by atoms with Crippen LogP contribution in [0, 0.1) is 9.49 Å². The van der Waals surface area contributed by atoms with Crippen LogP contribution in [0.4, 0.5) is 5.82 Å². The first-order valence-electron chi connectivity index (χ1n) is 4.72. The molecule has 0 amide bonds. The van der Waals surface area contributed by atoms with Gasteiger partial charge >= 0.3 is 0 Å². The first kappa shape index (κ1) is 10.5.